The Bertz CT molecular complexity index is 981. The van der Waals surface area contributed by atoms with Crippen molar-refractivity contribution in [2.24, 2.45) is 0 Å². The fraction of sp³-hybridized carbons (Fsp3) is 0. The van der Waals surface area contributed by atoms with E-state index in [0.29, 0.717) is 22.0 Å². The number of anilines is 1. The van der Waals surface area contributed by atoms with Gasteiger partial charge in [-0.15, -0.1) is 0 Å². The molecule has 2 heterocycles. The topological polar surface area (TPSA) is 54.9 Å². The molecule has 0 aliphatic heterocycles. The Morgan fingerprint density at radius 1 is 1.08 bits per heavy atom. The second-order valence-electron chi connectivity index (χ2n) is 4.98. The van der Waals surface area contributed by atoms with Crippen LogP contribution in [0.2, 0.25) is 5.15 Å². The lowest BCUT2D eigenvalue weighted by Gasteiger charge is -2.06. The lowest BCUT2D eigenvalue weighted by molar-refractivity contribution is 0.102. The van der Waals surface area contributed by atoms with E-state index >= 15 is 0 Å². The Kier molecular flexibility index (Phi) is 5.03. The Hall–Kier alpha value is -3.23. The number of amides is 1. The molecule has 122 valence electrons. The van der Waals surface area contributed by atoms with Gasteiger partial charge in [0.25, 0.3) is 5.91 Å². The van der Waals surface area contributed by atoms with Crippen molar-refractivity contribution in [2.75, 3.05) is 5.32 Å². The molecule has 0 aliphatic carbocycles. The maximum absolute atomic E-state index is 13.9. The lowest BCUT2D eigenvalue weighted by Crippen LogP contribution is -2.13. The van der Waals surface area contributed by atoms with Gasteiger partial charge in [0.15, 0.2) is 0 Å². The monoisotopic (exact) mass is 351 g/mol. The van der Waals surface area contributed by atoms with Gasteiger partial charge in [-0.05, 0) is 36.3 Å². The van der Waals surface area contributed by atoms with Crippen LogP contribution in [0.3, 0.4) is 0 Å². The second kappa shape index (κ2) is 7.56. The van der Waals surface area contributed by atoms with E-state index in [2.05, 4.69) is 27.1 Å². The highest BCUT2D eigenvalue weighted by Crippen LogP contribution is 2.15. The van der Waals surface area contributed by atoms with E-state index in [1.165, 1.54) is 12.3 Å². The molecule has 0 spiro atoms. The molecule has 0 fully saturated rings. The largest absolute Gasteiger partial charge is 0.318 e. The predicted octanol–water partition coefficient (Wildman–Crippen LogP) is 3.92. The van der Waals surface area contributed by atoms with Crippen LogP contribution in [-0.2, 0) is 0 Å². The van der Waals surface area contributed by atoms with Crippen molar-refractivity contribution in [1.29, 1.82) is 0 Å². The molecule has 25 heavy (non-hydrogen) atoms. The Morgan fingerprint density at radius 2 is 1.88 bits per heavy atom. The molecule has 3 aromatic rings. The first-order chi connectivity index (χ1) is 12.1. The number of benzene rings is 1. The van der Waals surface area contributed by atoms with Gasteiger partial charge < -0.3 is 5.32 Å². The number of rotatable bonds is 2. The summed E-state index contributed by atoms with van der Waals surface area (Å²) in [5.41, 5.74) is 1.29. The van der Waals surface area contributed by atoms with E-state index in [1.54, 1.807) is 48.5 Å². The number of halogens is 2. The number of hydrogen-bond donors (Lipinski definition) is 1. The quantitative estimate of drug-likeness (QED) is 0.562. The fourth-order valence-electron chi connectivity index (χ4n) is 2.00. The van der Waals surface area contributed by atoms with Crippen molar-refractivity contribution in [2.45, 2.75) is 0 Å². The number of carbonyl (C=O) groups is 1. The van der Waals surface area contributed by atoms with Gasteiger partial charge in [-0.1, -0.05) is 41.8 Å². The minimum Gasteiger partial charge on any atom is -0.318 e. The van der Waals surface area contributed by atoms with Crippen molar-refractivity contribution in [1.82, 2.24) is 9.97 Å². The molecule has 0 atom stereocenters. The van der Waals surface area contributed by atoms with E-state index in [1.807, 2.05) is 0 Å². The molecular weight excluding hydrogens is 341 g/mol. The molecule has 0 saturated carbocycles. The molecule has 3 rings (SSSR count). The molecule has 4 nitrogen and oxygen atoms in total. The van der Waals surface area contributed by atoms with Crippen molar-refractivity contribution in [3.05, 3.63) is 88.7 Å². The molecular formula is C19H11ClFN3O. The summed E-state index contributed by atoms with van der Waals surface area (Å²) in [5.74, 6) is 4.42. The molecule has 0 radical (unpaired) electrons. The van der Waals surface area contributed by atoms with Gasteiger partial charge in [0.05, 0.1) is 5.69 Å². The Balaban J connectivity index is 1.83. The third kappa shape index (κ3) is 4.40. The summed E-state index contributed by atoms with van der Waals surface area (Å²) in [7, 11) is 0. The van der Waals surface area contributed by atoms with Gasteiger partial charge in [-0.25, -0.2) is 9.97 Å². The highest BCUT2D eigenvalue weighted by atomic mass is 35.5. The second-order valence-corrected chi connectivity index (χ2v) is 5.37. The van der Waals surface area contributed by atoms with Crippen LogP contribution in [0.4, 0.5) is 10.1 Å². The third-order valence-corrected chi connectivity index (χ3v) is 3.38. The summed E-state index contributed by atoms with van der Waals surface area (Å²) < 4.78 is 13.9. The molecule has 2 aromatic heterocycles. The molecule has 1 aromatic carbocycles. The van der Waals surface area contributed by atoms with Crippen LogP contribution < -0.4 is 5.32 Å². The zero-order valence-corrected chi connectivity index (χ0v) is 13.6. The number of pyridine rings is 2. The maximum Gasteiger partial charge on any atom is 0.255 e. The summed E-state index contributed by atoms with van der Waals surface area (Å²) >= 11 is 5.80. The van der Waals surface area contributed by atoms with Gasteiger partial charge in [0.2, 0.25) is 5.95 Å². The number of hydrogen-bond acceptors (Lipinski definition) is 3. The van der Waals surface area contributed by atoms with Crippen molar-refractivity contribution >= 4 is 23.2 Å². The summed E-state index contributed by atoms with van der Waals surface area (Å²) in [6.07, 6.45) is 1.28. The van der Waals surface area contributed by atoms with Gasteiger partial charge in [0, 0.05) is 17.3 Å². The van der Waals surface area contributed by atoms with E-state index in [-0.39, 0.29) is 5.69 Å². The molecule has 0 aliphatic rings. The van der Waals surface area contributed by atoms with Gasteiger partial charge in [-0.3, -0.25) is 4.79 Å². The molecule has 1 amide bonds. The van der Waals surface area contributed by atoms with Gasteiger partial charge in [0.1, 0.15) is 10.8 Å². The molecule has 1 N–H and O–H groups in total. The molecule has 6 heteroatoms. The number of nitrogens with zero attached hydrogens (tertiary/aromatic N) is 2. The molecule has 0 unspecified atom stereocenters. The highest BCUT2D eigenvalue weighted by Gasteiger charge is 2.10. The van der Waals surface area contributed by atoms with E-state index in [0.717, 1.165) is 0 Å². The van der Waals surface area contributed by atoms with E-state index in [9.17, 15) is 9.18 Å². The zero-order valence-electron chi connectivity index (χ0n) is 12.8. The van der Waals surface area contributed by atoms with Crippen LogP contribution >= 0.6 is 11.6 Å². The number of aromatic nitrogens is 2. The Morgan fingerprint density at radius 3 is 2.64 bits per heavy atom. The summed E-state index contributed by atoms with van der Waals surface area (Å²) in [6, 6.07) is 15.0. The van der Waals surface area contributed by atoms with Crippen molar-refractivity contribution < 1.29 is 9.18 Å². The number of nitrogens with one attached hydrogen (secondary N) is 1. The van der Waals surface area contributed by atoms with Gasteiger partial charge >= 0.3 is 0 Å². The van der Waals surface area contributed by atoms with Crippen molar-refractivity contribution in [3.8, 4) is 11.8 Å². The SMILES string of the molecule is O=C(Nc1cc(C#Cc2cccc(Cl)n2)cnc1F)c1ccccc1. The zero-order chi connectivity index (χ0) is 17.6. The first kappa shape index (κ1) is 16.6. The van der Waals surface area contributed by atoms with Crippen LogP contribution in [0.25, 0.3) is 0 Å². The minimum absolute atomic E-state index is 0.0419. The smallest absolute Gasteiger partial charge is 0.255 e. The van der Waals surface area contributed by atoms with E-state index in [4.69, 9.17) is 11.6 Å². The van der Waals surface area contributed by atoms with Crippen molar-refractivity contribution in [3.63, 3.8) is 0 Å². The van der Waals surface area contributed by atoms with Crippen LogP contribution in [0, 0.1) is 17.8 Å². The average molecular weight is 352 g/mol. The summed E-state index contributed by atoms with van der Waals surface area (Å²) in [5, 5.41) is 2.83. The normalized spacial score (nSPS) is 9.84. The highest BCUT2D eigenvalue weighted by molar-refractivity contribution is 6.29. The number of carbonyl (C=O) groups excluding carboxylic acids is 1. The average Bonchev–Trinajstić information content (AvgIpc) is 2.63. The first-order valence-corrected chi connectivity index (χ1v) is 7.66. The summed E-state index contributed by atoms with van der Waals surface area (Å²) in [6.45, 7) is 0. The lowest BCUT2D eigenvalue weighted by atomic mass is 10.2. The van der Waals surface area contributed by atoms with Crippen LogP contribution in [-0.4, -0.2) is 15.9 Å². The van der Waals surface area contributed by atoms with Gasteiger partial charge in [-0.2, -0.15) is 4.39 Å². The van der Waals surface area contributed by atoms with E-state index < -0.39 is 11.9 Å². The molecule has 0 saturated heterocycles. The first-order valence-electron chi connectivity index (χ1n) is 7.28. The maximum atomic E-state index is 13.9. The summed E-state index contributed by atoms with van der Waals surface area (Å²) in [4.78, 5) is 19.8. The van der Waals surface area contributed by atoms with Crippen LogP contribution in [0.1, 0.15) is 21.6 Å². The molecule has 0 bridgehead atoms. The standard InChI is InChI=1S/C19H11ClFN3O/c20-17-8-4-7-15(23-17)10-9-13-11-16(18(21)22-12-13)24-19(25)14-5-2-1-3-6-14/h1-8,11-12H,(H,24,25). The minimum atomic E-state index is -0.782. The third-order valence-electron chi connectivity index (χ3n) is 3.17. The predicted molar refractivity (Wildman–Crippen MR) is 93.8 cm³/mol. The van der Waals surface area contributed by atoms with Crippen LogP contribution in [0.15, 0.2) is 60.8 Å². The fourth-order valence-corrected chi connectivity index (χ4v) is 2.17. The Labute approximate surface area is 148 Å². The van der Waals surface area contributed by atoms with Crippen LogP contribution in [0.5, 0.6) is 0 Å².